The van der Waals surface area contributed by atoms with E-state index in [0.29, 0.717) is 27.7 Å². The van der Waals surface area contributed by atoms with E-state index in [1.807, 2.05) is 25.3 Å². The molecular weight excluding hydrogens is 546 g/mol. The second-order valence-corrected chi connectivity index (χ2v) is 14.2. The van der Waals surface area contributed by atoms with Crippen molar-refractivity contribution in [2.24, 2.45) is 4.36 Å². The number of benzene rings is 1. The molecule has 1 fully saturated rings. The van der Waals surface area contributed by atoms with Crippen molar-refractivity contribution in [2.75, 3.05) is 29.6 Å². The average Bonchev–Trinajstić information content (AvgIpc) is 3.10. The Kier molecular flexibility index (Phi) is 8.94. The number of nitrogens with one attached hydrogen (secondary N) is 1. The minimum absolute atomic E-state index is 0.309. The Bertz CT molecular complexity index is 1530. The summed E-state index contributed by atoms with van der Waals surface area (Å²) in [7, 11) is -3.11. The van der Waals surface area contributed by atoms with Gasteiger partial charge in [0, 0.05) is 29.9 Å². The van der Waals surface area contributed by atoms with E-state index in [1.54, 1.807) is 56.4 Å². The lowest BCUT2D eigenvalue weighted by molar-refractivity contribution is 0.0607. The van der Waals surface area contributed by atoms with Crippen LogP contribution in [0.3, 0.4) is 0 Å². The molecule has 2 aromatic heterocycles. The van der Waals surface area contributed by atoms with Crippen LogP contribution in [0.1, 0.15) is 67.9 Å². The van der Waals surface area contributed by atoms with Gasteiger partial charge in [-0.05, 0) is 88.2 Å². The second-order valence-electron chi connectivity index (χ2n) is 11.1. The van der Waals surface area contributed by atoms with Crippen LogP contribution in [0.5, 0.6) is 0 Å². The van der Waals surface area contributed by atoms with Gasteiger partial charge in [-0.2, -0.15) is 0 Å². The molecule has 0 saturated carbocycles. The number of hydrogen-bond donors (Lipinski definition) is 1. The summed E-state index contributed by atoms with van der Waals surface area (Å²) in [6.45, 7) is 10.7. The van der Waals surface area contributed by atoms with Crippen LogP contribution >= 0.6 is 11.3 Å². The Morgan fingerprint density at radius 3 is 2.40 bits per heavy atom. The summed E-state index contributed by atoms with van der Waals surface area (Å²) < 4.78 is 22.4. The van der Waals surface area contributed by atoms with E-state index in [0.717, 1.165) is 54.8 Å². The summed E-state index contributed by atoms with van der Waals surface area (Å²) in [4.78, 5) is 29.6. The zero-order valence-corrected chi connectivity index (χ0v) is 25.6. The number of anilines is 2. The molecule has 4 rings (SSSR count). The Morgan fingerprint density at radius 2 is 1.77 bits per heavy atom. The van der Waals surface area contributed by atoms with E-state index in [2.05, 4.69) is 24.8 Å². The minimum atomic E-state index is -3.11. The van der Waals surface area contributed by atoms with E-state index < -0.39 is 21.4 Å². The van der Waals surface area contributed by atoms with Gasteiger partial charge in [0.15, 0.2) is 5.82 Å². The smallest absolute Gasteiger partial charge is 0.442 e. The maximum atomic E-state index is 13.9. The van der Waals surface area contributed by atoms with Crippen molar-refractivity contribution in [3.8, 4) is 10.6 Å². The molecule has 1 aliphatic heterocycles. The first-order valence-electron chi connectivity index (χ1n) is 13.4. The van der Waals surface area contributed by atoms with Gasteiger partial charge in [-0.25, -0.2) is 9.00 Å². The first kappa shape index (κ1) is 29.7. The number of ether oxygens (including phenoxy) is 1. The molecule has 1 N–H and O–H groups in total. The monoisotopic (exact) mass is 583 g/mol. The predicted octanol–water partition coefficient (Wildman–Crippen LogP) is 6.85. The lowest BCUT2D eigenvalue weighted by atomic mass is 10.0. The van der Waals surface area contributed by atoms with E-state index >= 15 is 0 Å². The molecule has 9 nitrogen and oxygen atoms in total. The zero-order chi connectivity index (χ0) is 29.1. The number of nitrogens with zero attached hydrogens (tertiary/aromatic N) is 4. The van der Waals surface area contributed by atoms with Gasteiger partial charge in [0.2, 0.25) is 0 Å². The van der Waals surface area contributed by atoms with Crippen molar-refractivity contribution in [1.82, 2.24) is 10.2 Å². The maximum Gasteiger partial charge on any atom is 0.442 e. The molecule has 0 spiro atoms. The molecule has 1 saturated heterocycles. The fourth-order valence-corrected chi connectivity index (χ4v) is 6.67. The number of hydrogen-bond acceptors (Lipinski definition) is 8. The summed E-state index contributed by atoms with van der Waals surface area (Å²) in [5.74, 6) is 0.246. The molecular formula is C29H37N5O4S2. The van der Waals surface area contributed by atoms with Gasteiger partial charge in [0.1, 0.15) is 11.3 Å². The highest BCUT2D eigenvalue weighted by Crippen LogP contribution is 2.34. The van der Waals surface area contributed by atoms with Crippen LogP contribution in [0, 0.1) is 13.8 Å². The second kappa shape index (κ2) is 12.1. The number of rotatable bonds is 5. The van der Waals surface area contributed by atoms with Crippen molar-refractivity contribution >= 4 is 44.6 Å². The SMILES string of the molecule is Cc1ccsc1-c1nnc(N2CCCCCC2)c(C(=O)Nc2cccc(S(C)(=O)=NC(=O)OC(C)(C)C)c2)c1C. The minimum Gasteiger partial charge on any atom is -0.442 e. The normalized spacial score (nSPS) is 15.6. The van der Waals surface area contributed by atoms with Crippen LogP contribution in [0.4, 0.5) is 16.3 Å². The lowest BCUT2D eigenvalue weighted by Gasteiger charge is -2.25. The molecule has 214 valence electrons. The number of thiophene rings is 1. The molecule has 1 aliphatic rings. The van der Waals surface area contributed by atoms with Gasteiger partial charge in [-0.1, -0.05) is 18.9 Å². The molecule has 3 aromatic rings. The first-order chi connectivity index (χ1) is 18.9. The molecule has 0 bridgehead atoms. The molecule has 1 aromatic carbocycles. The van der Waals surface area contributed by atoms with Gasteiger partial charge in [0.25, 0.3) is 5.91 Å². The van der Waals surface area contributed by atoms with Crippen LogP contribution < -0.4 is 10.2 Å². The van der Waals surface area contributed by atoms with Crippen LogP contribution in [-0.2, 0) is 14.5 Å². The molecule has 2 amide bonds. The van der Waals surface area contributed by atoms with Crippen LogP contribution in [0.2, 0.25) is 0 Å². The van der Waals surface area contributed by atoms with Gasteiger partial charge >= 0.3 is 6.09 Å². The summed E-state index contributed by atoms with van der Waals surface area (Å²) in [5.41, 5.74) is 2.68. The molecule has 0 aliphatic carbocycles. The highest BCUT2D eigenvalue weighted by Gasteiger charge is 2.26. The van der Waals surface area contributed by atoms with Crippen LogP contribution in [0.25, 0.3) is 10.6 Å². The summed E-state index contributed by atoms with van der Waals surface area (Å²) in [5, 5.41) is 14.2. The molecule has 1 atom stereocenters. The van der Waals surface area contributed by atoms with Crippen LogP contribution in [0.15, 0.2) is 45.0 Å². The zero-order valence-electron chi connectivity index (χ0n) is 23.9. The molecule has 3 heterocycles. The van der Waals surface area contributed by atoms with Gasteiger partial charge in [-0.3, -0.25) is 4.79 Å². The van der Waals surface area contributed by atoms with Crippen molar-refractivity contribution in [3.05, 3.63) is 52.4 Å². The first-order valence-corrected chi connectivity index (χ1v) is 16.2. The molecule has 11 heteroatoms. The largest absolute Gasteiger partial charge is 0.442 e. The molecule has 40 heavy (non-hydrogen) atoms. The number of aryl methyl sites for hydroxylation is 1. The summed E-state index contributed by atoms with van der Waals surface area (Å²) >= 11 is 1.57. The van der Waals surface area contributed by atoms with E-state index in [4.69, 9.17) is 4.74 Å². The Labute approximate surface area is 240 Å². The fourth-order valence-electron chi connectivity index (χ4n) is 4.59. The highest BCUT2D eigenvalue weighted by atomic mass is 32.2. The van der Waals surface area contributed by atoms with Crippen LogP contribution in [-0.4, -0.2) is 51.4 Å². The number of carbonyl (C=O) groups excluding carboxylic acids is 2. The molecule has 0 radical (unpaired) electrons. The van der Waals surface area contributed by atoms with Crippen molar-refractivity contribution in [3.63, 3.8) is 0 Å². The van der Waals surface area contributed by atoms with Crippen molar-refractivity contribution in [2.45, 2.75) is 70.8 Å². The third-order valence-electron chi connectivity index (χ3n) is 6.58. The third kappa shape index (κ3) is 7.06. The fraction of sp³-hybridized carbons (Fsp3) is 0.448. The van der Waals surface area contributed by atoms with E-state index in [-0.39, 0.29) is 5.91 Å². The van der Waals surface area contributed by atoms with Crippen molar-refractivity contribution in [1.29, 1.82) is 0 Å². The summed E-state index contributed by atoms with van der Waals surface area (Å²) in [6, 6.07) is 8.61. The number of carbonyl (C=O) groups is 2. The Hall–Kier alpha value is -3.31. The van der Waals surface area contributed by atoms with Gasteiger partial charge < -0.3 is 15.0 Å². The van der Waals surface area contributed by atoms with E-state index in [1.165, 1.54) is 6.26 Å². The van der Waals surface area contributed by atoms with Gasteiger partial charge in [-0.15, -0.1) is 25.9 Å². The predicted molar refractivity (Wildman–Crippen MR) is 161 cm³/mol. The Morgan fingerprint density at radius 1 is 1.07 bits per heavy atom. The summed E-state index contributed by atoms with van der Waals surface area (Å²) in [6.07, 6.45) is 4.83. The Balaban J connectivity index is 1.71. The topological polar surface area (TPSA) is 114 Å². The lowest BCUT2D eigenvalue weighted by Crippen LogP contribution is -2.29. The third-order valence-corrected chi connectivity index (χ3v) is 9.23. The highest BCUT2D eigenvalue weighted by molar-refractivity contribution is 7.93. The van der Waals surface area contributed by atoms with Crippen molar-refractivity contribution < 1.29 is 18.5 Å². The number of amides is 2. The maximum absolute atomic E-state index is 13.9. The van der Waals surface area contributed by atoms with Gasteiger partial charge in [0.05, 0.1) is 20.2 Å². The quantitative estimate of drug-likeness (QED) is 0.349. The average molecular weight is 584 g/mol. The standard InChI is InChI=1S/C29H37N5O4S2/c1-19-14-17-39-25(19)24-20(2)23(26(32-31-24)34-15-9-7-8-10-16-34)27(35)30-21-12-11-13-22(18-21)40(6,37)33-28(36)38-29(3,4)5/h11-14,17-18H,7-10,15-16H2,1-6H3,(H,30,35). The molecule has 1 unspecified atom stereocenters. The number of aromatic nitrogens is 2. The van der Waals surface area contributed by atoms with E-state index in [9.17, 15) is 13.8 Å².